The number of aryl methyl sites for hydroxylation is 2. The first kappa shape index (κ1) is 14.3. The lowest BCUT2D eigenvalue weighted by molar-refractivity contribution is 0.887. The molecule has 1 heterocycles. The van der Waals surface area contributed by atoms with Gasteiger partial charge in [-0.2, -0.15) is 0 Å². The monoisotopic (exact) mass is 289 g/mol. The van der Waals surface area contributed by atoms with E-state index in [0.29, 0.717) is 0 Å². The highest BCUT2D eigenvalue weighted by Gasteiger charge is 2.11. The quantitative estimate of drug-likeness (QED) is 0.710. The van der Waals surface area contributed by atoms with Crippen LogP contribution >= 0.6 is 0 Å². The molecule has 22 heavy (non-hydrogen) atoms. The number of hydrogen-bond donors (Lipinski definition) is 0. The molecule has 0 saturated heterocycles. The van der Waals surface area contributed by atoms with Gasteiger partial charge in [-0.05, 0) is 30.5 Å². The molecule has 0 N–H and O–H groups in total. The predicted octanol–water partition coefficient (Wildman–Crippen LogP) is 4.03. The maximum atomic E-state index is 4.54. The molecule has 1 aromatic heterocycles. The minimum Gasteiger partial charge on any atom is -0.328 e. The zero-order valence-electron chi connectivity index (χ0n) is 12.7. The fourth-order valence-corrected chi connectivity index (χ4v) is 2.50. The Balaban J connectivity index is 1.81. The number of benzene rings is 2. The number of para-hydroxylation sites is 1. The number of rotatable bonds is 5. The maximum absolute atomic E-state index is 4.54. The van der Waals surface area contributed by atoms with Crippen molar-refractivity contribution in [2.45, 2.75) is 12.8 Å². The van der Waals surface area contributed by atoms with Crippen molar-refractivity contribution in [3.05, 3.63) is 84.3 Å². The first-order valence-electron chi connectivity index (χ1n) is 7.47. The van der Waals surface area contributed by atoms with E-state index < -0.39 is 0 Å². The second-order valence-electron chi connectivity index (χ2n) is 5.21. The van der Waals surface area contributed by atoms with E-state index in [0.717, 1.165) is 30.0 Å². The Labute approximate surface area is 131 Å². The van der Waals surface area contributed by atoms with Gasteiger partial charge in [0.15, 0.2) is 5.82 Å². The van der Waals surface area contributed by atoms with Crippen LogP contribution in [0.25, 0.3) is 0 Å². The largest absolute Gasteiger partial charge is 0.328 e. The van der Waals surface area contributed by atoms with E-state index in [1.807, 2.05) is 31.3 Å². The van der Waals surface area contributed by atoms with Gasteiger partial charge < -0.3 is 4.90 Å². The van der Waals surface area contributed by atoms with E-state index in [2.05, 4.69) is 51.3 Å². The van der Waals surface area contributed by atoms with Crippen LogP contribution in [0, 0.1) is 0 Å². The van der Waals surface area contributed by atoms with Crippen molar-refractivity contribution in [3.8, 4) is 0 Å². The number of aromatic nitrogens is 2. The summed E-state index contributed by atoms with van der Waals surface area (Å²) < 4.78 is 0. The van der Waals surface area contributed by atoms with Gasteiger partial charge in [-0.3, -0.25) is 4.98 Å². The molecule has 0 aliphatic carbocycles. The first-order valence-corrected chi connectivity index (χ1v) is 7.47. The van der Waals surface area contributed by atoms with E-state index in [1.165, 1.54) is 5.56 Å². The van der Waals surface area contributed by atoms with E-state index in [1.54, 1.807) is 12.4 Å². The van der Waals surface area contributed by atoms with Crippen molar-refractivity contribution in [1.29, 1.82) is 0 Å². The average molecular weight is 289 g/mol. The molecular weight excluding hydrogens is 270 g/mol. The standard InChI is InChI=1S/C19H19N3/c1-22(17-10-6-3-7-11-17)19-18(20-14-15-21-19)13-12-16-8-4-2-5-9-16/h2-11,14-15H,12-13H2,1H3. The van der Waals surface area contributed by atoms with Crippen molar-refractivity contribution in [2.24, 2.45) is 0 Å². The molecule has 0 atom stereocenters. The molecule has 0 unspecified atom stereocenters. The van der Waals surface area contributed by atoms with Gasteiger partial charge in [-0.25, -0.2) is 4.98 Å². The lowest BCUT2D eigenvalue weighted by Gasteiger charge is -2.20. The zero-order valence-corrected chi connectivity index (χ0v) is 12.7. The summed E-state index contributed by atoms with van der Waals surface area (Å²) in [6.45, 7) is 0. The average Bonchev–Trinajstić information content (AvgIpc) is 2.61. The Morgan fingerprint density at radius 2 is 1.41 bits per heavy atom. The maximum Gasteiger partial charge on any atom is 0.154 e. The van der Waals surface area contributed by atoms with Gasteiger partial charge >= 0.3 is 0 Å². The summed E-state index contributed by atoms with van der Waals surface area (Å²) in [6.07, 6.45) is 5.36. The third-order valence-corrected chi connectivity index (χ3v) is 3.71. The van der Waals surface area contributed by atoms with Crippen molar-refractivity contribution in [2.75, 3.05) is 11.9 Å². The molecule has 110 valence electrons. The highest BCUT2D eigenvalue weighted by molar-refractivity contribution is 5.60. The van der Waals surface area contributed by atoms with Gasteiger partial charge in [-0.15, -0.1) is 0 Å². The van der Waals surface area contributed by atoms with E-state index in [4.69, 9.17) is 0 Å². The molecule has 3 nitrogen and oxygen atoms in total. The first-order chi connectivity index (χ1) is 10.8. The molecule has 0 aliphatic rings. The van der Waals surface area contributed by atoms with Crippen LogP contribution in [0.1, 0.15) is 11.3 Å². The van der Waals surface area contributed by atoms with Crippen molar-refractivity contribution in [3.63, 3.8) is 0 Å². The van der Waals surface area contributed by atoms with Crippen molar-refractivity contribution in [1.82, 2.24) is 9.97 Å². The zero-order chi connectivity index (χ0) is 15.2. The van der Waals surface area contributed by atoms with Crippen LogP contribution in [-0.4, -0.2) is 17.0 Å². The number of hydrogen-bond acceptors (Lipinski definition) is 3. The molecule has 3 rings (SSSR count). The highest BCUT2D eigenvalue weighted by atomic mass is 15.2. The number of nitrogens with zero attached hydrogens (tertiary/aromatic N) is 3. The Hall–Kier alpha value is -2.68. The molecule has 2 aromatic carbocycles. The van der Waals surface area contributed by atoms with Crippen LogP contribution in [0.15, 0.2) is 73.1 Å². The van der Waals surface area contributed by atoms with Crippen LogP contribution in [0.5, 0.6) is 0 Å². The minimum atomic E-state index is 0.879. The fraction of sp³-hybridized carbons (Fsp3) is 0.158. The molecule has 0 aliphatic heterocycles. The fourth-order valence-electron chi connectivity index (χ4n) is 2.50. The normalized spacial score (nSPS) is 10.4. The number of anilines is 2. The second kappa shape index (κ2) is 6.85. The molecule has 3 heteroatoms. The Bertz CT molecular complexity index is 711. The van der Waals surface area contributed by atoms with Gasteiger partial charge in [0.2, 0.25) is 0 Å². The minimum absolute atomic E-state index is 0.879. The molecular formula is C19H19N3. The van der Waals surface area contributed by atoms with E-state index in [-0.39, 0.29) is 0 Å². The SMILES string of the molecule is CN(c1ccccc1)c1nccnc1CCc1ccccc1. The Morgan fingerprint density at radius 3 is 2.14 bits per heavy atom. The molecule has 0 amide bonds. The van der Waals surface area contributed by atoms with Gasteiger partial charge in [0.25, 0.3) is 0 Å². The van der Waals surface area contributed by atoms with Crippen molar-refractivity contribution < 1.29 is 0 Å². The van der Waals surface area contributed by atoms with Gasteiger partial charge in [0.05, 0.1) is 5.69 Å². The summed E-state index contributed by atoms with van der Waals surface area (Å²) >= 11 is 0. The second-order valence-corrected chi connectivity index (χ2v) is 5.21. The van der Waals surface area contributed by atoms with Crippen LogP contribution < -0.4 is 4.90 Å². The summed E-state index contributed by atoms with van der Waals surface area (Å²) in [5.41, 5.74) is 3.46. The Kier molecular flexibility index (Phi) is 4.44. The summed E-state index contributed by atoms with van der Waals surface area (Å²) in [5.74, 6) is 0.921. The van der Waals surface area contributed by atoms with Crippen LogP contribution in [0.2, 0.25) is 0 Å². The summed E-state index contributed by atoms with van der Waals surface area (Å²) in [4.78, 5) is 11.2. The molecule has 0 spiro atoms. The third-order valence-electron chi connectivity index (χ3n) is 3.71. The van der Waals surface area contributed by atoms with E-state index >= 15 is 0 Å². The molecule has 0 bridgehead atoms. The summed E-state index contributed by atoms with van der Waals surface area (Å²) in [7, 11) is 2.03. The van der Waals surface area contributed by atoms with Gasteiger partial charge in [-0.1, -0.05) is 48.5 Å². The lowest BCUT2D eigenvalue weighted by atomic mass is 10.1. The molecule has 0 saturated carbocycles. The lowest BCUT2D eigenvalue weighted by Crippen LogP contribution is -2.14. The predicted molar refractivity (Wildman–Crippen MR) is 90.4 cm³/mol. The van der Waals surface area contributed by atoms with Crippen LogP contribution in [-0.2, 0) is 12.8 Å². The van der Waals surface area contributed by atoms with E-state index in [9.17, 15) is 0 Å². The Morgan fingerprint density at radius 1 is 0.773 bits per heavy atom. The van der Waals surface area contributed by atoms with Gasteiger partial charge in [0.1, 0.15) is 0 Å². The topological polar surface area (TPSA) is 29.0 Å². The smallest absolute Gasteiger partial charge is 0.154 e. The van der Waals surface area contributed by atoms with Crippen molar-refractivity contribution >= 4 is 11.5 Å². The highest BCUT2D eigenvalue weighted by Crippen LogP contribution is 2.24. The van der Waals surface area contributed by atoms with Crippen LogP contribution in [0.3, 0.4) is 0 Å². The summed E-state index contributed by atoms with van der Waals surface area (Å²) in [5, 5.41) is 0. The van der Waals surface area contributed by atoms with Crippen LogP contribution in [0.4, 0.5) is 11.5 Å². The molecule has 3 aromatic rings. The molecule has 0 radical (unpaired) electrons. The summed E-state index contributed by atoms with van der Waals surface area (Å²) in [6, 6.07) is 20.7. The van der Waals surface area contributed by atoms with Gasteiger partial charge in [0, 0.05) is 25.1 Å². The third kappa shape index (κ3) is 3.31. The molecule has 0 fully saturated rings.